The molecule has 0 unspecified atom stereocenters. The van der Waals surface area contributed by atoms with Crippen LogP contribution < -0.4 is 5.73 Å². The van der Waals surface area contributed by atoms with Crippen LogP contribution in [0.2, 0.25) is 0 Å². The molecule has 0 aliphatic heterocycles. The minimum absolute atomic E-state index is 0.358. The largest absolute Gasteiger partial charge is 0.461 e. The van der Waals surface area contributed by atoms with E-state index in [9.17, 15) is 0 Å². The number of hydrogen-bond acceptors (Lipinski definition) is 6. The topological polar surface area (TPSA) is 91.0 Å². The summed E-state index contributed by atoms with van der Waals surface area (Å²) in [5, 5.41) is 3.82. The molecule has 0 aliphatic carbocycles. The first-order chi connectivity index (χ1) is 8.33. The maximum atomic E-state index is 5.63. The standard InChI is InChI=1S/C11H8N4O2/c12-8-4-7(5-13-6-8)11-14-10(15-17-11)9-2-1-3-16-9/h1-6H,12H2. The fraction of sp³-hybridized carbons (Fsp3) is 0. The van der Waals surface area contributed by atoms with Crippen molar-refractivity contribution >= 4 is 5.69 Å². The van der Waals surface area contributed by atoms with Crippen molar-refractivity contribution in [1.82, 2.24) is 15.1 Å². The third-order valence-electron chi connectivity index (χ3n) is 2.17. The molecule has 0 amide bonds. The Bertz CT molecular complexity index is 630. The lowest BCUT2D eigenvalue weighted by Gasteiger charge is -1.94. The number of hydrogen-bond donors (Lipinski definition) is 1. The molecule has 0 saturated heterocycles. The van der Waals surface area contributed by atoms with E-state index in [2.05, 4.69) is 15.1 Å². The molecular weight excluding hydrogens is 220 g/mol. The molecule has 6 nitrogen and oxygen atoms in total. The van der Waals surface area contributed by atoms with Gasteiger partial charge in [0.15, 0.2) is 5.76 Å². The lowest BCUT2D eigenvalue weighted by Crippen LogP contribution is -1.87. The van der Waals surface area contributed by atoms with Crippen LogP contribution in [0.25, 0.3) is 23.0 Å². The Balaban J connectivity index is 2.01. The van der Waals surface area contributed by atoms with Crippen LogP contribution in [0.4, 0.5) is 5.69 Å². The summed E-state index contributed by atoms with van der Waals surface area (Å²) in [7, 11) is 0. The van der Waals surface area contributed by atoms with Crippen LogP contribution in [0.15, 0.2) is 45.8 Å². The Hall–Kier alpha value is -2.63. The van der Waals surface area contributed by atoms with Crippen LogP contribution in [-0.4, -0.2) is 15.1 Å². The highest BCUT2D eigenvalue weighted by molar-refractivity contribution is 5.59. The lowest BCUT2D eigenvalue weighted by molar-refractivity contribution is 0.429. The summed E-state index contributed by atoms with van der Waals surface area (Å²) in [6, 6.07) is 5.23. The van der Waals surface area contributed by atoms with E-state index in [0.29, 0.717) is 28.7 Å². The van der Waals surface area contributed by atoms with E-state index in [0.717, 1.165) is 0 Å². The average molecular weight is 228 g/mol. The highest BCUT2D eigenvalue weighted by atomic mass is 16.5. The van der Waals surface area contributed by atoms with Crippen molar-refractivity contribution in [3.8, 4) is 23.0 Å². The van der Waals surface area contributed by atoms with Gasteiger partial charge in [-0.05, 0) is 18.2 Å². The number of nitrogen functional groups attached to an aromatic ring is 1. The van der Waals surface area contributed by atoms with Gasteiger partial charge < -0.3 is 14.7 Å². The van der Waals surface area contributed by atoms with Gasteiger partial charge in [-0.1, -0.05) is 5.16 Å². The molecule has 0 fully saturated rings. The molecule has 0 radical (unpaired) electrons. The molecule has 0 aromatic carbocycles. The molecule has 3 aromatic rings. The zero-order valence-corrected chi connectivity index (χ0v) is 8.70. The average Bonchev–Trinajstić information content (AvgIpc) is 3.00. The third-order valence-corrected chi connectivity index (χ3v) is 2.17. The summed E-state index contributed by atoms with van der Waals surface area (Å²) in [6.07, 6.45) is 4.70. The van der Waals surface area contributed by atoms with Crippen LogP contribution in [-0.2, 0) is 0 Å². The van der Waals surface area contributed by atoms with Gasteiger partial charge in [-0.25, -0.2) is 0 Å². The van der Waals surface area contributed by atoms with Crippen molar-refractivity contribution in [3.05, 3.63) is 36.9 Å². The van der Waals surface area contributed by atoms with Gasteiger partial charge in [-0.15, -0.1) is 0 Å². The minimum atomic E-state index is 0.358. The van der Waals surface area contributed by atoms with Gasteiger partial charge in [-0.2, -0.15) is 4.98 Å². The first-order valence-corrected chi connectivity index (χ1v) is 4.91. The second-order valence-corrected chi connectivity index (χ2v) is 3.41. The summed E-state index contributed by atoms with van der Waals surface area (Å²) in [6.45, 7) is 0. The monoisotopic (exact) mass is 228 g/mol. The van der Waals surface area contributed by atoms with Crippen molar-refractivity contribution in [2.24, 2.45) is 0 Å². The summed E-state index contributed by atoms with van der Waals surface area (Å²) >= 11 is 0. The number of pyridine rings is 1. The predicted octanol–water partition coefficient (Wildman–Crippen LogP) is 1.97. The molecule has 0 bridgehead atoms. The molecule has 3 rings (SSSR count). The van der Waals surface area contributed by atoms with Gasteiger partial charge >= 0.3 is 0 Å². The van der Waals surface area contributed by atoms with Gasteiger partial charge in [0.25, 0.3) is 5.89 Å². The van der Waals surface area contributed by atoms with Gasteiger partial charge in [0.2, 0.25) is 5.82 Å². The van der Waals surface area contributed by atoms with Crippen molar-refractivity contribution < 1.29 is 8.94 Å². The molecule has 17 heavy (non-hydrogen) atoms. The Morgan fingerprint density at radius 2 is 2.18 bits per heavy atom. The van der Waals surface area contributed by atoms with E-state index in [1.54, 1.807) is 36.9 Å². The Kier molecular flexibility index (Phi) is 2.11. The van der Waals surface area contributed by atoms with Crippen LogP contribution in [0, 0.1) is 0 Å². The number of anilines is 1. The second-order valence-electron chi connectivity index (χ2n) is 3.41. The maximum Gasteiger partial charge on any atom is 0.259 e. The molecule has 3 heterocycles. The van der Waals surface area contributed by atoms with Crippen LogP contribution in [0.1, 0.15) is 0 Å². The number of rotatable bonds is 2. The molecular formula is C11H8N4O2. The number of nitrogens with two attached hydrogens (primary N) is 1. The number of furan rings is 1. The van der Waals surface area contributed by atoms with Gasteiger partial charge in [-0.3, -0.25) is 4.98 Å². The van der Waals surface area contributed by atoms with Crippen molar-refractivity contribution in [1.29, 1.82) is 0 Å². The molecule has 0 saturated carbocycles. The lowest BCUT2D eigenvalue weighted by atomic mass is 10.2. The highest BCUT2D eigenvalue weighted by Gasteiger charge is 2.12. The van der Waals surface area contributed by atoms with E-state index >= 15 is 0 Å². The van der Waals surface area contributed by atoms with Crippen LogP contribution in [0.3, 0.4) is 0 Å². The van der Waals surface area contributed by atoms with E-state index < -0.39 is 0 Å². The Morgan fingerprint density at radius 3 is 2.94 bits per heavy atom. The molecule has 0 atom stereocenters. The number of aromatic nitrogens is 3. The van der Waals surface area contributed by atoms with Crippen LogP contribution in [0.5, 0.6) is 0 Å². The summed E-state index contributed by atoms with van der Waals surface area (Å²) in [5.41, 5.74) is 6.84. The molecule has 6 heteroatoms. The van der Waals surface area contributed by atoms with Crippen LogP contribution >= 0.6 is 0 Å². The number of nitrogens with zero attached hydrogens (tertiary/aromatic N) is 3. The Morgan fingerprint density at radius 1 is 1.24 bits per heavy atom. The zero-order valence-electron chi connectivity index (χ0n) is 8.70. The summed E-state index contributed by atoms with van der Waals surface area (Å²) in [4.78, 5) is 8.15. The fourth-order valence-electron chi connectivity index (χ4n) is 1.42. The summed E-state index contributed by atoms with van der Waals surface area (Å²) < 4.78 is 10.3. The smallest absolute Gasteiger partial charge is 0.259 e. The SMILES string of the molecule is Nc1cncc(-c2nc(-c3ccco3)no2)c1. The summed E-state index contributed by atoms with van der Waals surface area (Å²) in [5.74, 6) is 1.31. The second kappa shape index (κ2) is 3.75. The molecule has 84 valence electrons. The third kappa shape index (κ3) is 1.76. The van der Waals surface area contributed by atoms with Gasteiger partial charge in [0.05, 0.1) is 17.5 Å². The predicted molar refractivity (Wildman–Crippen MR) is 59.6 cm³/mol. The fourth-order valence-corrected chi connectivity index (χ4v) is 1.42. The Labute approximate surface area is 96.1 Å². The van der Waals surface area contributed by atoms with Crippen molar-refractivity contribution in [3.63, 3.8) is 0 Å². The highest BCUT2D eigenvalue weighted by Crippen LogP contribution is 2.22. The van der Waals surface area contributed by atoms with Gasteiger partial charge in [0.1, 0.15) is 0 Å². The van der Waals surface area contributed by atoms with E-state index in [-0.39, 0.29) is 0 Å². The van der Waals surface area contributed by atoms with E-state index in [4.69, 9.17) is 14.7 Å². The molecule has 2 N–H and O–H groups in total. The van der Waals surface area contributed by atoms with Gasteiger partial charge in [0, 0.05) is 12.4 Å². The first kappa shape index (κ1) is 9.59. The zero-order chi connectivity index (χ0) is 11.7. The normalized spacial score (nSPS) is 10.6. The first-order valence-electron chi connectivity index (χ1n) is 4.91. The maximum absolute atomic E-state index is 5.63. The van der Waals surface area contributed by atoms with Crippen molar-refractivity contribution in [2.75, 3.05) is 5.73 Å². The molecule has 0 spiro atoms. The quantitative estimate of drug-likeness (QED) is 0.721. The van der Waals surface area contributed by atoms with E-state index in [1.165, 1.54) is 0 Å². The molecule has 0 aliphatic rings. The van der Waals surface area contributed by atoms with Crippen molar-refractivity contribution in [2.45, 2.75) is 0 Å². The minimum Gasteiger partial charge on any atom is -0.461 e. The van der Waals surface area contributed by atoms with E-state index in [1.807, 2.05) is 0 Å². The molecule has 3 aromatic heterocycles.